The summed E-state index contributed by atoms with van der Waals surface area (Å²) in [5.74, 6) is -0.676. The van der Waals surface area contributed by atoms with Gasteiger partial charge in [0.2, 0.25) is 5.91 Å². The van der Waals surface area contributed by atoms with Crippen molar-refractivity contribution in [1.82, 2.24) is 0 Å². The number of aldehydes is 1. The summed E-state index contributed by atoms with van der Waals surface area (Å²) in [6.45, 7) is 0. The fraction of sp³-hybridized carbons (Fsp3) is 0.750. The van der Waals surface area contributed by atoms with Crippen LogP contribution < -0.4 is 5.73 Å². The fourth-order valence-corrected chi connectivity index (χ4v) is 0.884. The molecule has 4 nitrogen and oxygen atoms in total. The third kappa shape index (κ3) is 5.85. The van der Waals surface area contributed by atoms with Crippen LogP contribution in [0.4, 0.5) is 0 Å². The van der Waals surface area contributed by atoms with Crippen LogP contribution in [-0.2, 0) is 9.59 Å². The smallest absolute Gasteiger partial charge is 0.246 e. The minimum atomic E-state index is -1.03. The average molecular weight is 173 g/mol. The van der Waals surface area contributed by atoms with Crippen molar-refractivity contribution >= 4 is 12.2 Å². The van der Waals surface area contributed by atoms with Gasteiger partial charge in [-0.2, -0.15) is 0 Å². The molecule has 0 rings (SSSR count). The van der Waals surface area contributed by atoms with E-state index in [0.29, 0.717) is 12.8 Å². The zero-order valence-corrected chi connectivity index (χ0v) is 7.03. The van der Waals surface area contributed by atoms with Gasteiger partial charge in [-0.1, -0.05) is 12.8 Å². The summed E-state index contributed by atoms with van der Waals surface area (Å²) in [6.07, 6.45) is 3.18. The highest BCUT2D eigenvalue weighted by molar-refractivity contribution is 5.78. The first-order valence-electron chi connectivity index (χ1n) is 4.09. The van der Waals surface area contributed by atoms with E-state index >= 15 is 0 Å². The van der Waals surface area contributed by atoms with E-state index in [-0.39, 0.29) is 0 Å². The van der Waals surface area contributed by atoms with Crippen LogP contribution in [0.5, 0.6) is 0 Å². The molecule has 0 aliphatic heterocycles. The monoisotopic (exact) mass is 173 g/mol. The lowest BCUT2D eigenvalue weighted by Crippen LogP contribution is -2.27. The number of aliphatic hydroxyl groups is 1. The van der Waals surface area contributed by atoms with Gasteiger partial charge in [0, 0.05) is 6.42 Å². The normalized spacial score (nSPS) is 12.4. The largest absolute Gasteiger partial charge is 0.383 e. The van der Waals surface area contributed by atoms with E-state index < -0.39 is 12.0 Å². The summed E-state index contributed by atoms with van der Waals surface area (Å²) in [6, 6.07) is 0. The zero-order chi connectivity index (χ0) is 9.40. The molecule has 0 aromatic heterocycles. The third-order valence-corrected chi connectivity index (χ3v) is 1.63. The molecule has 0 aromatic rings. The first kappa shape index (κ1) is 11.1. The van der Waals surface area contributed by atoms with Crippen molar-refractivity contribution in [2.75, 3.05) is 0 Å². The van der Waals surface area contributed by atoms with Crippen LogP contribution in [0.25, 0.3) is 0 Å². The molecule has 4 heteroatoms. The summed E-state index contributed by atoms with van der Waals surface area (Å²) >= 11 is 0. The number of carbonyl (C=O) groups is 2. The van der Waals surface area contributed by atoms with E-state index in [2.05, 4.69) is 0 Å². The Bertz CT molecular complexity index is 147. The summed E-state index contributed by atoms with van der Waals surface area (Å²) in [5, 5.41) is 8.94. The maximum atomic E-state index is 10.3. The quantitative estimate of drug-likeness (QED) is 0.419. The van der Waals surface area contributed by atoms with Gasteiger partial charge >= 0.3 is 0 Å². The van der Waals surface area contributed by atoms with Crippen molar-refractivity contribution in [3.8, 4) is 0 Å². The predicted octanol–water partition coefficient (Wildman–Crippen LogP) is -0.0180. The van der Waals surface area contributed by atoms with Crippen molar-refractivity contribution in [3.63, 3.8) is 0 Å². The van der Waals surface area contributed by atoms with E-state index in [0.717, 1.165) is 25.5 Å². The van der Waals surface area contributed by atoms with Crippen molar-refractivity contribution in [2.45, 2.75) is 38.2 Å². The summed E-state index contributed by atoms with van der Waals surface area (Å²) < 4.78 is 0. The molecule has 1 atom stereocenters. The molecule has 1 unspecified atom stereocenters. The van der Waals surface area contributed by atoms with E-state index in [1.807, 2.05) is 0 Å². The number of aliphatic hydroxyl groups excluding tert-OH is 1. The molecule has 0 bridgehead atoms. The van der Waals surface area contributed by atoms with E-state index in [9.17, 15) is 9.59 Å². The Hall–Kier alpha value is -0.900. The number of hydrogen-bond acceptors (Lipinski definition) is 3. The maximum Gasteiger partial charge on any atom is 0.246 e. The van der Waals surface area contributed by atoms with Crippen LogP contribution in [-0.4, -0.2) is 23.4 Å². The molecule has 0 spiro atoms. The number of primary amides is 1. The number of rotatable bonds is 7. The van der Waals surface area contributed by atoms with Crippen LogP contribution in [0, 0.1) is 0 Å². The lowest BCUT2D eigenvalue weighted by molar-refractivity contribution is -0.126. The van der Waals surface area contributed by atoms with Gasteiger partial charge in [0.15, 0.2) is 0 Å². The Morgan fingerprint density at radius 1 is 1.42 bits per heavy atom. The molecule has 70 valence electrons. The number of amides is 1. The topological polar surface area (TPSA) is 80.4 Å². The number of nitrogens with two attached hydrogens (primary N) is 1. The van der Waals surface area contributed by atoms with Crippen LogP contribution in [0.3, 0.4) is 0 Å². The Labute approximate surface area is 71.8 Å². The number of unbranched alkanes of at least 4 members (excludes halogenated alkanes) is 3. The molecule has 0 saturated carbocycles. The van der Waals surface area contributed by atoms with Gasteiger partial charge in [0.05, 0.1) is 0 Å². The molecule has 12 heavy (non-hydrogen) atoms. The molecule has 0 aromatic carbocycles. The van der Waals surface area contributed by atoms with E-state index in [1.165, 1.54) is 0 Å². The van der Waals surface area contributed by atoms with Crippen molar-refractivity contribution in [3.05, 3.63) is 0 Å². The summed E-state index contributed by atoms with van der Waals surface area (Å²) in [7, 11) is 0. The number of carbonyl (C=O) groups excluding carboxylic acids is 2. The van der Waals surface area contributed by atoms with Crippen LogP contribution in [0.1, 0.15) is 32.1 Å². The van der Waals surface area contributed by atoms with Gasteiger partial charge in [-0.25, -0.2) is 0 Å². The summed E-state index contributed by atoms with van der Waals surface area (Å²) in [4.78, 5) is 20.2. The van der Waals surface area contributed by atoms with Gasteiger partial charge in [0.1, 0.15) is 12.4 Å². The van der Waals surface area contributed by atoms with Gasteiger partial charge in [-0.3, -0.25) is 4.79 Å². The van der Waals surface area contributed by atoms with Crippen molar-refractivity contribution in [2.24, 2.45) is 5.73 Å². The molecule has 0 fully saturated rings. The van der Waals surface area contributed by atoms with Gasteiger partial charge < -0.3 is 15.6 Å². The second-order valence-electron chi connectivity index (χ2n) is 2.72. The standard InChI is InChI=1S/C8H15NO3/c9-8(12)7(11)5-3-1-2-4-6-10/h6-7,11H,1-5H2,(H2,9,12). The SMILES string of the molecule is NC(=O)C(O)CCCCCC=O. The Balaban J connectivity index is 3.19. The first-order valence-corrected chi connectivity index (χ1v) is 4.09. The predicted molar refractivity (Wildman–Crippen MR) is 44.4 cm³/mol. The summed E-state index contributed by atoms with van der Waals surface area (Å²) in [5.41, 5.74) is 4.83. The highest BCUT2D eigenvalue weighted by Crippen LogP contribution is 2.04. The second kappa shape index (κ2) is 6.79. The average Bonchev–Trinajstić information content (AvgIpc) is 2.03. The molecule has 0 aliphatic carbocycles. The minimum Gasteiger partial charge on any atom is -0.383 e. The van der Waals surface area contributed by atoms with Crippen LogP contribution in [0.2, 0.25) is 0 Å². The zero-order valence-electron chi connectivity index (χ0n) is 7.03. The molecule has 0 heterocycles. The first-order chi connectivity index (χ1) is 5.68. The van der Waals surface area contributed by atoms with E-state index in [4.69, 9.17) is 10.8 Å². The van der Waals surface area contributed by atoms with Crippen LogP contribution >= 0.6 is 0 Å². The highest BCUT2D eigenvalue weighted by atomic mass is 16.3. The van der Waals surface area contributed by atoms with Gasteiger partial charge in [-0.05, 0) is 12.8 Å². The van der Waals surface area contributed by atoms with Crippen molar-refractivity contribution in [1.29, 1.82) is 0 Å². The molecule has 0 saturated heterocycles. The molecule has 0 radical (unpaired) electrons. The van der Waals surface area contributed by atoms with Crippen LogP contribution in [0.15, 0.2) is 0 Å². The lowest BCUT2D eigenvalue weighted by Gasteiger charge is -2.04. The molecule has 3 N–H and O–H groups in total. The maximum absolute atomic E-state index is 10.3. The third-order valence-electron chi connectivity index (χ3n) is 1.63. The Morgan fingerprint density at radius 2 is 2.08 bits per heavy atom. The lowest BCUT2D eigenvalue weighted by atomic mass is 10.1. The molecule has 1 amide bonds. The number of hydrogen-bond donors (Lipinski definition) is 2. The van der Waals surface area contributed by atoms with Gasteiger partial charge in [0.25, 0.3) is 0 Å². The molecule has 0 aliphatic rings. The van der Waals surface area contributed by atoms with Crippen molar-refractivity contribution < 1.29 is 14.7 Å². The fourth-order valence-electron chi connectivity index (χ4n) is 0.884. The van der Waals surface area contributed by atoms with Gasteiger partial charge in [-0.15, -0.1) is 0 Å². The minimum absolute atomic E-state index is 0.397. The Kier molecular flexibility index (Phi) is 6.28. The Morgan fingerprint density at radius 3 is 2.58 bits per heavy atom. The van der Waals surface area contributed by atoms with E-state index in [1.54, 1.807) is 0 Å². The molecular formula is C8H15NO3. The highest BCUT2D eigenvalue weighted by Gasteiger charge is 2.08. The molecular weight excluding hydrogens is 158 g/mol. The second-order valence-corrected chi connectivity index (χ2v) is 2.72.